The Bertz CT molecular complexity index is 384. The fourth-order valence-electron chi connectivity index (χ4n) is 1.55. The van der Waals surface area contributed by atoms with E-state index < -0.39 is 11.9 Å². The molecule has 0 aromatic carbocycles. The molecule has 3 nitrogen and oxygen atoms in total. The van der Waals surface area contributed by atoms with Crippen LogP contribution < -0.4 is 0 Å². The second-order valence-electron chi connectivity index (χ2n) is 3.96. The molecule has 6 heteroatoms. The zero-order chi connectivity index (χ0) is 13.1. The molecule has 0 spiro atoms. The molecule has 1 unspecified atom stereocenters. The summed E-state index contributed by atoms with van der Waals surface area (Å²) in [6, 6.07) is 1.72. The van der Waals surface area contributed by atoms with Gasteiger partial charge >= 0.3 is 6.36 Å². The van der Waals surface area contributed by atoms with Gasteiger partial charge < -0.3 is 4.74 Å². The Hall–Kier alpha value is -1.46. The maximum atomic E-state index is 12.0. The van der Waals surface area contributed by atoms with E-state index in [1.807, 2.05) is 6.92 Å². The lowest BCUT2D eigenvalue weighted by Gasteiger charge is -2.26. The van der Waals surface area contributed by atoms with Crippen molar-refractivity contribution in [3.63, 3.8) is 0 Å². The fourth-order valence-corrected chi connectivity index (χ4v) is 1.55. The SMILES string of the molecule is CCC(C)(/C=C(\C)OC(F)(F)F)n1cccn1. The van der Waals surface area contributed by atoms with E-state index >= 15 is 0 Å². The van der Waals surface area contributed by atoms with Crippen LogP contribution in [0.1, 0.15) is 27.2 Å². The van der Waals surface area contributed by atoms with Crippen molar-refractivity contribution in [3.8, 4) is 0 Å². The minimum Gasteiger partial charge on any atom is -0.411 e. The summed E-state index contributed by atoms with van der Waals surface area (Å²) < 4.78 is 41.6. The summed E-state index contributed by atoms with van der Waals surface area (Å²) >= 11 is 0. The van der Waals surface area contributed by atoms with E-state index in [4.69, 9.17) is 0 Å². The molecule has 1 aromatic rings. The average molecular weight is 248 g/mol. The van der Waals surface area contributed by atoms with Gasteiger partial charge in [-0.05, 0) is 32.4 Å². The number of hydrogen-bond donors (Lipinski definition) is 0. The Kier molecular flexibility index (Phi) is 3.85. The first kappa shape index (κ1) is 13.6. The van der Waals surface area contributed by atoms with E-state index in [1.54, 1.807) is 30.1 Å². The predicted molar refractivity (Wildman–Crippen MR) is 57.1 cm³/mol. The highest BCUT2D eigenvalue weighted by Crippen LogP contribution is 2.26. The molecular formula is C11H15F3N2O. The van der Waals surface area contributed by atoms with Crippen LogP contribution in [0.3, 0.4) is 0 Å². The standard InChI is InChI=1S/C11H15F3N2O/c1-4-10(3,16-7-5-6-15-16)8-9(2)17-11(12,13)14/h5-8H,4H2,1-3H3/b9-8+. The molecule has 1 heterocycles. The zero-order valence-electron chi connectivity index (χ0n) is 9.95. The van der Waals surface area contributed by atoms with Crippen molar-refractivity contribution in [1.82, 2.24) is 9.78 Å². The van der Waals surface area contributed by atoms with Crippen molar-refractivity contribution >= 4 is 0 Å². The van der Waals surface area contributed by atoms with Crippen molar-refractivity contribution in [2.45, 2.75) is 39.1 Å². The van der Waals surface area contributed by atoms with Gasteiger partial charge in [-0.3, -0.25) is 4.68 Å². The largest absolute Gasteiger partial charge is 0.572 e. The molecule has 0 N–H and O–H groups in total. The summed E-state index contributed by atoms with van der Waals surface area (Å²) in [5.74, 6) is -0.183. The van der Waals surface area contributed by atoms with Crippen LogP contribution in [-0.4, -0.2) is 16.1 Å². The van der Waals surface area contributed by atoms with Crippen molar-refractivity contribution < 1.29 is 17.9 Å². The van der Waals surface area contributed by atoms with Gasteiger partial charge in [-0.15, -0.1) is 13.2 Å². The van der Waals surface area contributed by atoms with Crippen LogP contribution >= 0.6 is 0 Å². The normalized spacial score (nSPS) is 16.7. The molecular weight excluding hydrogens is 233 g/mol. The highest BCUT2D eigenvalue weighted by atomic mass is 19.4. The van der Waals surface area contributed by atoms with E-state index in [2.05, 4.69) is 9.84 Å². The highest BCUT2D eigenvalue weighted by Gasteiger charge is 2.32. The molecule has 0 aliphatic heterocycles. The van der Waals surface area contributed by atoms with Crippen molar-refractivity contribution in [2.75, 3.05) is 0 Å². The third kappa shape index (κ3) is 3.80. The molecule has 1 atom stereocenters. The summed E-state index contributed by atoms with van der Waals surface area (Å²) in [6.07, 6.45) is 0.669. The molecule has 0 saturated heterocycles. The monoisotopic (exact) mass is 248 g/mol. The minimum atomic E-state index is -4.65. The summed E-state index contributed by atoms with van der Waals surface area (Å²) in [5, 5.41) is 4.04. The van der Waals surface area contributed by atoms with Crippen LogP contribution in [0, 0.1) is 0 Å². The third-order valence-corrected chi connectivity index (χ3v) is 2.53. The summed E-state index contributed by atoms with van der Waals surface area (Å²) in [5.41, 5.74) is -0.626. The second kappa shape index (κ2) is 4.81. The molecule has 17 heavy (non-hydrogen) atoms. The molecule has 0 radical (unpaired) electrons. The van der Waals surface area contributed by atoms with Crippen LogP contribution in [-0.2, 0) is 10.3 Å². The number of nitrogens with zero attached hydrogens (tertiary/aromatic N) is 2. The van der Waals surface area contributed by atoms with Gasteiger partial charge in [0.15, 0.2) is 0 Å². The van der Waals surface area contributed by atoms with Crippen LogP contribution in [0.25, 0.3) is 0 Å². The molecule has 1 aromatic heterocycles. The van der Waals surface area contributed by atoms with Gasteiger partial charge in [-0.1, -0.05) is 6.92 Å². The summed E-state index contributed by atoms with van der Waals surface area (Å²) in [6.45, 7) is 4.95. The molecule has 0 aliphatic rings. The van der Waals surface area contributed by atoms with E-state index in [0.29, 0.717) is 6.42 Å². The molecule has 96 valence electrons. The van der Waals surface area contributed by atoms with Crippen LogP contribution in [0.5, 0.6) is 0 Å². The van der Waals surface area contributed by atoms with Crippen molar-refractivity contribution in [3.05, 3.63) is 30.3 Å². The molecule has 1 rings (SSSR count). The first-order chi connectivity index (χ1) is 7.77. The average Bonchev–Trinajstić information content (AvgIpc) is 2.67. The number of alkyl halides is 3. The number of halogens is 3. The first-order valence-electron chi connectivity index (χ1n) is 5.22. The maximum absolute atomic E-state index is 12.0. The minimum absolute atomic E-state index is 0.183. The molecule has 0 bridgehead atoms. The van der Waals surface area contributed by atoms with Gasteiger partial charge in [0, 0.05) is 12.4 Å². The second-order valence-corrected chi connectivity index (χ2v) is 3.96. The number of hydrogen-bond acceptors (Lipinski definition) is 2. The van der Waals surface area contributed by atoms with Crippen LogP contribution in [0.2, 0.25) is 0 Å². The lowest BCUT2D eigenvalue weighted by atomic mass is 9.98. The number of allylic oxidation sites excluding steroid dienone is 2. The zero-order valence-corrected chi connectivity index (χ0v) is 9.95. The number of rotatable bonds is 4. The van der Waals surface area contributed by atoms with Gasteiger partial charge in [0.05, 0.1) is 5.54 Å². The van der Waals surface area contributed by atoms with Gasteiger partial charge in [0.1, 0.15) is 5.76 Å². The van der Waals surface area contributed by atoms with Gasteiger partial charge in [-0.25, -0.2) is 0 Å². The third-order valence-electron chi connectivity index (χ3n) is 2.53. The molecule has 0 amide bonds. The van der Waals surface area contributed by atoms with E-state index in [1.165, 1.54) is 13.0 Å². The molecule has 0 fully saturated rings. The summed E-state index contributed by atoms with van der Waals surface area (Å²) in [7, 11) is 0. The van der Waals surface area contributed by atoms with Crippen LogP contribution in [0.4, 0.5) is 13.2 Å². The Labute approximate surface area is 97.9 Å². The Balaban J connectivity index is 2.92. The van der Waals surface area contributed by atoms with E-state index in [-0.39, 0.29) is 5.76 Å². The van der Waals surface area contributed by atoms with E-state index in [9.17, 15) is 13.2 Å². The molecule has 0 saturated carbocycles. The van der Waals surface area contributed by atoms with Crippen molar-refractivity contribution in [2.24, 2.45) is 0 Å². The lowest BCUT2D eigenvalue weighted by Crippen LogP contribution is -2.28. The topological polar surface area (TPSA) is 27.1 Å². The number of aromatic nitrogens is 2. The Morgan fingerprint density at radius 3 is 2.53 bits per heavy atom. The van der Waals surface area contributed by atoms with Gasteiger partial charge in [0.2, 0.25) is 0 Å². The van der Waals surface area contributed by atoms with Crippen molar-refractivity contribution in [1.29, 1.82) is 0 Å². The number of ether oxygens (including phenoxy) is 1. The summed E-state index contributed by atoms with van der Waals surface area (Å²) in [4.78, 5) is 0. The van der Waals surface area contributed by atoms with Crippen LogP contribution in [0.15, 0.2) is 30.3 Å². The quantitative estimate of drug-likeness (QED) is 0.763. The maximum Gasteiger partial charge on any atom is 0.572 e. The Morgan fingerprint density at radius 2 is 2.12 bits per heavy atom. The molecule has 0 aliphatic carbocycles. The Morgan fingerprint density at radius 1 is 1.47 bits per heavy atom. The first-order valence-corrected chi connectivity index (χ1v) is 5.22. The fraction of sp³-hybridized carbons (Fsp3) is 0.545. The van der Waals surface area contributed by atoms with Gasteiger partial charge in [0.25, 0.3) is 0 Å². The smallest absolute Gasteiger partial charge is 0.411 e. The lowest BCUT2D eigenvalue weighted by molar-refractivity contribution is -0.305. The van der Waals surface area contributed by atoms with E-state index in [0.717, 1.165) is 0 Å². The van der Waals surface area contributed by atoms with Gasteiger partial charge in [-0.2, -0.15) is 5.10 Å². The highest BCUT2D eigenvalue weighted by molar-refractivity contribution is 5.05. The predicted octanol–water partition coefficient (Wildman–Crippen LogP) is 3.45.